The van der Waals surface area contributed by atoms with E-state index in [0.717, 1.165) is 14.2 Å². The van der Waals surface area contributed by atoms with Crippen LogP contribution in [0.5, 0.6) is 0 Å². The number of rotatable bonds is 3. The van der Waals surface area contributed by atoms with E-state index in [1.807, 2.05) is 6.92 Å². The predicted molar refractivity (Wildman–Crippen MR) is 62.8 cm³/mol. The Balaban J connectivity index is 2.24. The molecule has 1 aromatic rings. The molecule has 1 aliphatic carbocycles. The lowest BCUT2D eigenvalue weighted by molar-refractivity contribution is 0.0977. The van der Waals surface area contributed by atoms with Crippen LogP contribution in [0.15, 0.2) is 3.79 Å². The molecule has 0 radical (unpaired) electrons. The van der Waals surface area contributed by atoms with Crippen LogP contribution in [0.25, 0.3) is 0 Å². The lowest BCUT2D eigenvalue weighted by Gasteiger charge is -2.00. The number of Topliss-reactive ketones (excluding diaryl/α,β-unsaturated/α-hetero) is 1. The van der Waals surface area contributed by atoms with Gasteiger partial charge in [0.2, 0.25) is 0 Å². The van der Waals surface area contributed by atoms with E-state index in [2.05, 4.69) is 15.9 Å². The van der Waals surface area contributed by atoms with Crippen molar-refractivity contribution in [1.29, 1.82) is 0 Å². The number of nitrogen functional groups attached to an aromatic ring is 1. The van der Waals surface area contributed by atoms with Crippen LogP contribution < -0.4 is 5.73 Å². The molecule has 0 amide bonds. The van der Waals surface area contributed by atoms with Gasteiger partial charge in [-0.15, -0.1) is 11.3 Å². The second-order valence-electron chi connectivity index (χ2n) is 3.79. The highest BCUT2D eigenvalue weighted by Crippen LogP contribution is 2.39. The molecule has 2 rings (SSSR count). The topological polar surface area (TPSA) is 43.1 Å². The van der Waals surface area contributed by atoms with Crippen LogP contribution in [-0.4, -0.2) is 5.78 Å². The van der Waals surface area contributed by atoms with Gasteiger partial charge >= 0.3 is 0 Å². The Bertz CT molecular complexity index is 382. The largest absolute Gasteiger partial charge is 0.397 e. The lowest BCUT2D eigenvalue weighted by Crippen LogP contribution is -2.03. The molecular formula is C10H12BrNOS. The Kier molecular flexibility index (Phi) is 2.66. The first kappa shape index (κ1) is 10.2. The van der Waals surface area contributed by atoms with E-state index in [9.17, 15) is 4.79 Å². The number of nitrogens with two attached hydrogens (primary N) is 1. The summed E-state index contributed by atoms with van der Waals surface area (Å²) in [6.07, 6.45) is 3.08. The van der Waals surface area contributed by atoms with Crippen molar-refractivity contribution < 1.29 is 4.79 Å². The number of carbonyl (C=O) groups excluding carboxylic acids is 1. The van der Waals surface area contributed by atoms with E-state index in [0.29, 0.717) is 18.0 Å². The maximum atomic E-state index is 11.9. The van der Waals surface area contributed by atoms with Crippen molar-refractivity contribution in [2.75, 3.05) is 5.73 Å². The second kappa shape index (κ2) is 3.66. The number of halogens is 1. The van der Waals surface area contributed by atoms with Gasteiger partial charge in [-0.2, -0.15) is 0 Å². The summed E-state index contributed by atoms with van der Waals surface area (Å²) in [5.74, 6) is 0.837. The Morgan fingerprint density at radius 2 is 2.29 bits per heavy atom. The molecule has 0 saturated heterocycles. The summed E-state index contributed by atoms with van der Waals surface area (Å²) >= 11 is 4.90. The maximum absolute atomic E-state index is 11.9. The molecule has 1 heterocycles. The van der Waals surface area contributed by atoms with Gasteiger partial charge in [0.05, 0.1) is 15.0 Å². The van der Waals surface area contributed by atoms with Crippen LogP contribution in [0, 0.1) is 12.8 Å². The minimum Gasteiger partial charge on any atom is -0.397 e. The first-order chi connectivity index (χ1) is 6.59. The van der Waals surface area contributed by atoms with Crippen LogP contribution >= 0.6 is 27.3 Å². The van der Waals surface area contributed by atoms with Gasteiger partial charge in [0.15, 0.2) is 5.78 Å². The number of hydrogen-bond acceptors (Lipinski definition) is 3. The average Bonchev–Trinajstić information content (AvgIpc) is 2.83. The fourth-order valence-electron chi connectivity index (χ4n) is 1.56. The van der Waals surface area contributed by atoms with Crippen LogP contribution in [0.2, 0.25) is 0 Å². The minimum atomic E-state index is 0.212. The van der Waals surface area contributed by atoms with E-state index in [1.54, 1.807) is 11.3 Å². The molecule has 0 atom stereocenters. The zero-order valence-corrected chi connectivity index (χ0v) is 10.4. The molecule has 1 saturated carbocycles. The Labute approximate surface area is 95.6 Å². The number of ketones is 1. The third kappa shape index (κ3) is 1.86. The summed E-state index contributed by atoms with van der Waals surface area (Å²) in [7, 11) is 0. The normalized spacial score (nSPS) is 15.9. The number of carbonyl (C=O) groups is 1. The monoisotopic (exact) mass is 273 g/mol. The number of anilines is 1. The SMILES string of the molecule is Cc1sc(Br)c(N)c1C(=O)CC1CC1. The fourth-order valence-corrected chi connectivity index (χ4v) is 3.29. The molecule has 0 spiro atoms. The van der Waals surface area contributed by atoms with Crippen molar-refractivity contribution in [3.63, 3.8) is 0 Å². The third-order valence-corrected chi connectivity index (χ3v) is 4.35. The zero-order valence-electron chi connectivity index (χ0n) is 7.97. The maximum Gasteiger partial charge on any atom is 0.166 e. The summed E-state index contributed by atoms with van der Waals surface area (Å²) in [5.41, 5.74) is 7.21. The zero-order chi connectivity index (χ0) is 10.3. The standard InChI is InChI=1S/C10H12BrNOS/c1-5-8(9(12)10(11)14-5)7(13)4-6-2-3-6/h6H,2-4,12H2,1H3. The van der Waals surface area contributed by atoms with Crippen molar-refractivity contribution in [1.82, 2.24) is 0 Å². The molecule has 14 heavy (non-hydrogen) atoms. The smallest absolute Gasteiger partial charge is 0.166 e. The van der Waals surface area contributed by atoms with Crippen molar-refractivity contribution in [2.45, 2.75) is 26.2 Å². The van der Waals surface area contributed by atoms with Crippen molar-refractivity contribution in [3.05, 3.63) is 14.2 Å². The van der Waals surface area contributed by atoms with Crippen molar-refractivity contribution in [2.24, 2.45) is 5.92 Å². The van der Waals surface area contributed by atoms with Gasteiger partial charge in [0, 0.05) is 11.3 Å². The van der Waals surface area contributed by atoms with Crippen LogP contribution in [0.4, 0.5) is 5.69 Å². The van der Waals surface area contributed by atoms with Crippen molar-refractivity contribution in [3.8, 4) is 0 Å². The average molecular weight is 274 g/mol. The van der Waals surface area contributed by atoms with Crippen molar-refractivity contribution >= 4 is 38.7 Å². The van der Waals surface area contributed by atoms with E-state index in [1.165, 1.54) is 12.8 Å². The van der Waals surface area contributed by atoms with Gasteiger partial charge in [-0.05, 0) is 41.6 Å². The molecule has 0 bridgehead atoms. The third-order valence-electron chi connectivity index (χ3n) is 2.53. The van der Waals surface area contributed by atoms with Crippen LogP contribution in [-0.2, 0) is 0 Å². The Morgan fingerprint density at radius 3 is 2.71 bits per heavy atom. The highest BCUT2D eigenvalue weighted by Gasteiger charge is 2.27. The second-order valence-corrected chi connectivity index (χ2v) is 6.33. The molecule has 76 valence electrons. The molecule has 2 nitrogen and oxygen atoms in total. The number of thiophene rings is 1. The minimum absolute atomic E-state index is 0.212. The quantitative estimate of drug-likeness (QED) is 0.858. The first-order valence-corrected chi connectivity index (χ1v) is 6.28. The summed E-state index contributed by atoms with van der Waals surface area (Å²) in [6, 6.07) is 0. The molecule has 0 unspecified atom stereocenters. The Morgan fingerprint density at radius 1 is 1.64 bits per heavy atom. The van der Waals surface area contributed by atoms with Gasteiger partial charge in [-0.3, -0.25) is 4.79 Å². The molecule has 2 N–H and O–H groups in total. The number of aryl methyl sites for hydroxylation is 1. The van der Waals surface area contributed by atoms with E-state index >= 15 is 0 Å². The molecule has 0 aromatic carbocycles. The van der Waals surface area contributed by atoms with E-state index in [4.69, 9.17) is 5.73 Å². The van der Waals surface area contributed by atoms with Gasteiger partial charge < -0.3 is 5.73 Å². The molecule has 4 heteroatoms. The molecule has 1 aromatic heterocycles. The fraction of sp³-hybridized carbons (Fsp3) is 0.500. The molecular weight excluding hydrogens is 262 g/mol. The highest BCUT2D eigenvalue weighted by molar-refractivity contribution is 9.11. The number of hydrogen-bond donors (Lipinski definition) is 1. The van der Waals surface area contributed by atoms with Gasteiger partial charge in [-0.1, -0.05) is 0 Å². The first-order valence-electron chi connectivity index (χ1n) is 4.67. The van der Waals surface area contributed by atoms with Gasteiger partial charge in [0.1, 0.15) is 0 Å². The molecule has 1 fully saturated rings. The summed E-state index contributed by atoms with van der Waals surface area (Å²) in [6.45, 7) is 1.95. The molecule has 1 aliphatic rings. The van der Waals surface area contributed by atoms with Gasteiger partial charge in [0.25, 0.3) is 0 Å². The predicted octanol–water partition coefficient (Wildman–Crippen LogP) is 3.38. The van der Waals surface area contributed by atoms with Gasteiger partial charge in [-0.25, -0.2) is 0 Å². The van der Waals surface area contributed by atoms with E-state index in [-0.39, 0.29) is 5.78 Å². The van der Waals surface area contributed by atoms with Crippen LogP contribution in [0.3, 0.4) is 0 Å². The summed E-state index contributed by atoms with van der Waals surface area (Å²) in [5, 5.41) is 0. The molecule has 0 aliphatic heterocycles. The lowest BCUT2D eigenvalue weighted by atomic mass is 10.1. The summed E-state index contributed by atoms with van der Waals surface area (Å²) < 4.78 is 0.883. The highest BCUT2D eigenvalue weighted by atomic mass is 79.9. The van der Waals surface area contributed by atoms with Crippen LogP contribution in [0.1, 0.15) is 34.5 Å². The summed E-state index contributed by atoms with van der Waals surface area (Å²) in [4.78, 5) is 12.9. The van der Waals surface area contributed by atoms with E-state index < -0.39 is 0 Å². The Hall–Kier alpha value is -0.350.